The monoisotopic (exact) mass is 430 g/mol. The molecule has 8 heteroatoms. The second kappa shape index (κ2) is 8.76. The van der Waals surface area contributed by atoms with Crippen LogP contribution in [0.25, 0.3) is 0 Å². The molecule has 4 atom stereocenters. The van der Waals surface area contributed by atoms with Crippen LogP contribution in [0.4, 0.5) is 5.69 Å². The zero-order valence-corrected chi connectivity index (χ0v) is 17.6. The first-order chi connectivity index (χ1) is 15.1. The highest BCUT2D eigenvalue weighted by atomic mass is 16.6. The number of morpholine rings is 1. The van der Waals surface area contributed by atoms with Crippen LogP contribution in [0.15, 0.2) is 18.2 Å². The van der Waals surface area contributed by atoms with Gasteiger partial charge in [-0.05, 0) is 43.4 Å². The van der Waals surface area contributed by atoms with Gasteiger partial charge in [-0.3, -0.25) is 9.59 Å². The number of amides is 2. The Morgan fingerprint density at radius 3 is 2.71 bits per heavy atom. The van der Waals surface area contributed by atoms with Gasteiger partial charge in [-0.25, -0.2) is 0 Å². The van der Waals surface area contributed by atoms with Crippen LogP contribution in [0.1, 0.15) is 43.6 Å². The van der Waals surface area contributed by atoms with Gasteiger partial charge in [0.25, 0.3) is 0 Å². The number of benzene rings is 1. The quantitative estimate of drug-likeness (QED) is 0.713. The van der Waals surface area contributed by atoms with Crippen LogP contribution >= 0.6 is 0 Å². The van der Waals surface area contributed by atoms with Crippen molar-refractivity contribution in [2.45, 2.75) is 56.3 Å². The summed E-state index contributed by atoms with van der Waals surface area (Å²) in [5.41, 5.74) is 1.78. The Morgan fingerprint density at radius 1 is 1.16 bits per heavy atom. The minimum atomic E-state index is -0.485. The lowest BCUT2D eigenvalue weighted by atomic mass is 9.84. The Labute approximate surface area is 181 Å². The van der Waals surface area contributed by atoms with Crippen LogP contribution in [0.5, 0.6) is 5.75 Å². The molecule has 168 valence electrons. The number of aliphatic hydroxyl groups is 1. The fourth-order valence-electron chi connectivity index (χ4n) is 4.90. The highest BCUT2D eigenvalue weighted by Crippen LogP contribution is 2.47. The molecule has 1 aliphatic carbocycles. The molecule has 0 aromatic heterocycles. The van der Waals surface area contributed by atoms with Gasteiger partial charge in [0.05, 0.1) is 32.3 Å². The van der Waals surface area contributed by atoms with Crippen LogP contribution in [0.3, 0.4) is 0 Å². The van der Waals surface area contributed by atoms with Gasteiger partial charge in [-0.1, -0.05) is 0 Å². The minimum Gasteiger partial charge on any atom is -0.487 e. The van der Waals surface area contributed by atoms with E-state index in [0.29, 0.717) is 45.1 Å². The fourth-order valence-corrected chi connectivity index (χ4v) is 4.90. The molecule has 2 saturated heterocycles. The van der Waals surface area contributed by atoms with Gasteiger partial charge < -0.3 is 29.5 Å². The summed E-state index contributed by atoms with van der Waals surface area (Å²) in [5, 5.41) is 12.9. The molecule has 0 bridgehead atoms. The number of hydrogen-bond acceptors (Lipinski definition) is 6. The number of hydrogen-bond donors (Lipinski definition) is 2. The summed E-state index contributed by atoms with van der Waals surface area (Å²) in [4.78, 5) is 26.8. The molecule has 3 fully saturated rings. The third kappa shape index (κ3) is 4.56. The van der Waals surface area contributed by atoms with Crippen molar-refractivity contribution in [1.29, 1.82) is 0 Å². The Hall–Kier alpha value is -2.16. The maximum Gasteiger partial charge on any atom is 0.225 e. The summed E-state index contributed by atoms with van der Waals surface area (Å²) >= 11 is 0. The molecule has 8 nitrogen and oxygen atoms in total. The highest BCUT2D eigenvalue weighted by molar-refractivity contribution is 5.91. The molecule has 0 radical (unpaired) electrons. The van der Waals surface area contributed by atoms with Gasteiger partial charge in [-0.15, -0.1) is 0 Å². The second-order valence-corrected chi connectivity index (χ2v) is 9.05. The number of ether oxygens (including phenoxy) is 3. The summed E-state index contributed by atoms with van der Waals surface area (Å²) < 4.78 is 17.5. The van der Waals surface area contributed by atoms with Crippen LogP contribution < -0.4 is 10.1 Å². The van der Waals surface area contributed by atoms with Gasteiger partial charge in [0, 0.05) is 36.7 Å². The Morgan fingerprint density at radius 2 is 1.97 bits per heavy atom. The highest BCUT2D eigenvalue weighted by Gasteiger charge is 2.46. The SMILES string of the molecule is O=C(CC1CC1)Nc1ccc2c(c1)[C@@H]1C[C@@H](CC(=O)N3CCOCC3)O[C@@H](CO)[C@@H]1O2. The molecule has 1 aromatic rings. The van der Waals surface area contributed by atoms with Crippen molar-refractivity contribution in [3.05, 3.63) is 23.8 Å². The maximum atomic E-state index is 12.7. The van der Waals surface area contributed by atoms with E-state index in [-0.39, 0.29) is 43.0 Å². The van der Waals surface area contributed by atoms with Crippen molar-refractivity contribution >= 4 is 17.5 Å². The molecule has 3 heterocycles. The molecule has 1 aromatic carbocycles. The summed E-state index contributed by atoms with van der Waals surface area (Å²) in [6.07, 6.45) is 2.73. The van der Waals surface area contributed by atoms with Crippen LogP contribution in [0.2, 0.25) is 0 Å². The van der Waals surface area contributed by atoms with Crippen LogP contribution in [-0.4, -0.2) is 73.0 Å². The van der Waals surface area contributed by atoms with E-state index in [4.69, 9.17) is 14.2 Å². The van der Waals surface area contributed by atoms with Crippen molar-refractivity contribution < 1.29 is 28.9 Å². The number of rotatable bonds is 6. The third-order valence-electron chi connectivity index (χ3n) is 6.72. The number of anilines is 1. The zero-order valence-electron chi connectivity index (χ0n) is 17.6. The van der Waals surface area contributed by atoms with E-state index in [1.165, 1.54) is 0 Å². The van der Waals surface area contributed by atoms with E-state index in [1.54, 1.807) is 0 Å². The standard InChI is InChI=1S/C23H30N2O6/c26-13-20-23-18(11-16(30-20)12-22(28)25-5-7-29-8-6-25)17-10-15(3-4-19(17)31-23)24-21(27)9-14-1-2-14/h3-4,10,14,16,18,20,23,26H,1-2,5-9,11-13H2,(H,24,27)/t16-,18-,20-,23+/m0/s1. The first-order valence-electron chi connectivity index (χ1n) is 11.3. The van der Waals surface area contributed by atoms with Gasteiger partial charge in [0.1, 0.15) is 18.0 Å². The molecule has 4 aliphatic rings. The topological polar surface area (TPSA) is 97.3 Å². The molecule has 5 rings (SSSR count). The average Bonchev–Trinajstić information content (AvgIpc) is 3.52. The van der Waals surface area contributed by atoms with Crippen molar-refractivity contribution in [2.75, 3.05) is 38.2 Å². The maximum absolute atomic E-state index is 12.7. The molecule has 0 unspecified atom stereocenters. The van der Waals surface area contributed by atoms with Crippen molar-refractivity contribution in [3.8, 4) is 5.75 Å². The van der Waals surface area contributed by atoms with E-state index < -0.39 is 6.10 Å². The van der Waals surface area contributed by atoms with E-state index in [9.17, 15) is 14.7 Å². The molecule has 0 spiro atoms. The van der Waals surface area contributed by atoms with Gasteiger partial charge >= 0.3 is 0 Å². The van der Waals surface area contributed by atoms with Crippen molar-refractivity contribution in [3.63, 3.8) is 0 Å². The van der Waals surface area contributed by atoms with Gasteiger partial charge in [0.2, 0.25) is 11.8 Å². The van der Waals surface area contributed by atoms with Crippen molar-refractivity contribution in [2.24, 2.45) is 5.92 Å². The van der Waals surface area contributed by atoms with E-state index in [2.05, 4.69) is 5.32 Å². The first kappa shape index (κ1) is 20.7. The number of aliphatic hydroxyl groups excluding tert-OH is 1. The van der Waals surface area contributed by atoms with E-state index >= 15 is 0 Å². The lowest BCUT2D eigenvalue weighted by molar-refractivity contribution is -0.151. The van der Waals surface area contributed by atoms with Crippen molar-refractivity contribution in [1.82, 2.24) is 4.90 Å². The van der Waals surface area contributed by atoms with E-state index in [0.717, 1.165) is 29.8 Å². The normalized spacial score (nSPS) is 29.6. The van der Waals surface area contributed by atoms with Crippen LogP contribution in [-0.2, 0) is 19.1 Å². The first-order valence-corrected chi connectivity index (χ1v) is 11.3. The predicted molar refractivity (Wildman–Crippen MR) is 112 cm³/mol. The predicted octanol–water partition coefficient (Wildman–Crippen LogP) is 1.67. The Balaban J connectivity index is 1.28. The molecule has 3 aliphatic heterocycles. The number of fused-ring (bicyclic) bond motifs is 3. The third-order valence-corrected chi connectivity index (χ3v) is 6.72. The molecular weight excluding hydrogens is 400 g/mol. The molecule has 2 amide bonds. The summed E-state index contributed by atoms with van der Waals surface area (Å²) in [5.74, 6) is 1.42. The second-order valence-electron chi connectivity index (χ2n) is 9.05. The van der Waals surface area contributed by atoms with E-state index in [1.807, 2.05) is 23.1 Å². The number of carbonyl (C=O) groups is 2. The number of carbonyl (C=O) groups excluding carboxylic acids is 2. The summed E-state index contributed by atoms with van der Waals surface area (Å²) in [7, 11) is 0. The smallest absolute Gasteiger partial charge is 0.225 e. The Bertz CT molecular complexity index is 835. The van der Waals surface area contributed by atoms with Gasteiger partial charge in [0.15, 0.2) is 0 Å². The van der Waals surface area contributed by atoms with Crippen LogP contribution in [0, 0.1) is 5.92 Å². The molecule has 31 heavy (non-hydrogen) atoms. The lowest BCUT2D eigenvalue weighted by Gasteiger charge is -2.38. The zero-order chi connectivity index (χ0) is 21.4. The fraction of sp³-hybridized carbons (Fsp3) is 0.652. The molecule has 2 N–H and O–H groups in total. The minimum absolute atomic E-state index is 0.0173. The summed E-state index contributed by atoms with van der Waals surface area (Å²) in [6.45, 7) is 2.19. The Kier molecular flexibility index (Phi) is 5.86. The largest absolute Gasteiger partial charge is 0.487 e. The van der Waals surface area contributed by atoms with Gasteiger partial charge in [-0.2, -0.15) is 0 Å². The number of nitrogens with one attached hydrogen (secondary N) is 1. The average molecular weight is 431 g/mol. The lowest BCUT2D eigenvalue weighted by Crippen LogP contribution is -2.48. The molecular formula is C23H30N2O6. The summed E-state index contributed by atoms with van der Waals surface area (Å²) in [6, 6.07) is 5.71. The number of nitrogens with zero attached hydrogens (tertiary/aromatic N) is 1. The molecule has 1 saturated carbocycles.